The second-order valence-electron chi connectivity index (χ2n) is 6.53. The summed E-state index contributed by atoms with van der Waals surface area (Å²) < 4.78 is 26.6. The molecule has 2 aromatic rings. The zero-order chi connectivity index (χ0) is 20.7. The van der Waals surface area contributed by atoms with Gasteiger partial charge in [-0.05, 0) is 37.1 Å². The second kappa shape index (κ2) is 9.48. The molecule has 2 amide bonds. The Kier molecular flexibility index (Phi) is 7.31. The Morgan fingerprint density at radius 2 is 1.57 bits per heavy atom. The molecule has 0 heterocycles. The van der Waals surface area contributed by atoms with E-state index in [0.717, 1.165) is 16.8 Å². The van der Waals surface area contributed by atoms with E-state index in [-0.39, 0.29) is 36.2 Å². The van der Waals surface area contributed by atoms with Crippen LogP contribution in [0.15, 0.2) is 53.4 Å². The van der Waals surface area contributed by atoms with Crippen molar-refractivity contribution in [1.29, 1.82) is 0 Å². The molecule has 0 bridgehead atoms. The van der Waals surface area contributed by atoms with E-state index in [0.29, 0.717) is 0 Å². The third kappa shape index (κ3) is 5.90. The molecule has 2 rings (SSSR count). The molecule has 0 radical (unpaired) electrons. The minimum Gasteiger partial charge on any atom is -0.336 e. The number of nitrogens with zero attached hydrogens (tertiary/aromatic N) is 1. The van der Waals surface area contributed by atoms with Crippen LogP contribution in [0.25, 0.3) is 0 Å². The minimum atomic E-state index is -3.65. The topological polar surface area (TPSA) is 95.6 Å². The first-order valence-corrected chi connectivity index (χ1v) is 10.3. The van der Waals surface area contributed by atoms with E-state index >= 15 is 0 Å². The first-order valence-electron chi connectivity index (χ1n) is 8.85. The van der Waals surface area contributed by atoms with Crippen LogP contribution < -0.4 is 10.0 Å². The van der Waals surface area contributed by atoms with Gasteiger partial charge in [-0.25, -0.2) is 13.1 Å². The summed E-state index contributed by atoms with van der Waals surface area (Å²) in [5.74, 6) is -0.634. The molecule has 0 aliphatic carbocycles. The molecule has 2 N–H and O–H groups in total. The quantitative estimate of drug-likeness (QED) is 0.705. The summed E-state index contributed by atoms with van der Waals surface area (Å²) in [5, 5.41) is 2.82. The maximum atomic E-state index is 12.2. The maximum Gasteiger partial charge on any atom is 0.243 e. The van der Waals surface area contributed by atoms with Crippen molar-refractivity contribution < 1.29 is 18.0 Å². The Morgan fingerprint density at radius 1 is 0.964 bits per heavy atom. The van der Waals surface area contributed by atoms with Crippen LogP contribution in [0.1, 0.15) is 17.5 Å². The van der Waals surface area contributed by atoms with Gasteiger partial charge in [-0.15, -0.1) is 0 Å². The van der Waals surface area contributed by atoms with E-state index in [9.17, 15) is 18.0 Å². The summed E-state index contributed by atoms with van der Waals surface area (Å²) >= 11 is 0. The van der Waals surface area contributed by atoms with Crippen molar-refractivity contribution in [1.82, 2.24) is 9.62 Å². The lowest BCUT2D eigenvalue weighted by atomic mass is 10.1. The SMILES string of the molecule is Cc1cccc(C)c1NC(=O)CN(C)C(=O)CCNS(=O)(=O)c1ccccc1. The molecule has 0 aliphatic rings. The largest absolute Gasteiger partial charge is 0.336 e. The van der Waals surface area contributed by atoms with Crippen LogP contribution in [-0.4, -0.2) is 45.3 Å². The van der Waals surface area contributed by atoms with E-state index in [4.69, 9.17) is 0 Å². The van der Waals surface area contributed by atoms with Gasteiger partial charge in [0.15, 0.2) is 0 Å². The van der Waals surface area contributed by atoms with Crippen molar-refractivity contribution >= 4 is 27.5 Å². The first kappa shape index (κ1) is 21.6. The van der Waals surface area contributed by atoms with Gasteiger partial charge in [0, 0.05) is 25.7 Å². The predicted molar refractivity (Wildman–Crippen MR) is 108 cm³/mol. The maximum absolute atomic E-state index is 12.2. The summed E-state index contributed by atoms with van der Waals surface area (Å²) in [5.41, 5.74) is 2.62. The number of para-hydroxylation sites is 1. The fraction of sp³-hybridized carbons (Fsp3) is 0.300. The number of hydrogen-bond acceptors (Lipinski definition) is 4. The first-order chi connectivity index (χ1) is 13.2. The molecule has 0 aliphatic heterocycles. The molecular formula is C20H25N3O4S. The fourth-order valence-electron chi connectivity index (χ4n) is 2.66. The van der Waals surface area contributed by atoms with Crippen LogP contribution in [-0.2, 0) is 19.6 Å². The van der Waals surface area contributed by atoms with Crippen molar-refractivity contribution in [3.8, 4) is 0 Å². The molecule has 0 unspecified atom stereocenters. The molecular weight excluding hydrogens is 378 g/mol. The number of hydrogen-bond donors (Lipinski definition) is 2. The van der Waals surface area contributed by atoms with Crippen LogP contribution in [0, 0.1) is 13.8 Å². The molecule has 28 heavy (non-hydrogen) atoms. The molecule has 0 atom stereocenters. The molecule has 7 nitrogen and oxygen atoms in total. The summed E-state index contributed by atoms with van der Waals surface area (Å²) in [4.78, 5) is 25.9. The molecule has 0 fully saturated rings. The summed E-state index contributed by atoms with van der Waals surface area (Å²) in [6.45, 7) is 3.64. The second-order valence-corrected chi connectivity index (χ2v) is 8.29. The van der Waals surface area contributed by atoms with E-state index in [2.05, 4.69) is 10.0 Å². The Labute approximate surface area is 165 Å². The number of carbonyl (C=O) groups excluding carboxylic acids is 2. The van der Waals surface area contributed by atoms with Crippen LogP contribution in [0.5, 0.6) is 0 Å². The van der Waals surface area contributed by atoms with Crippen molar-refractivity contribution in [3.05, 3.63) is 59.7 Å². The van der Waals surface area contributed by atoms with Gasteiger partial charge in [0.2, 0.25) is 21.8 Å². The van der Waals surface area contributed by atoms with Crippen molar-refractivity contribution in [2.75, 3.05) is 25.5 Å². The minimum absolute atomic E-state index is 0.0424. The van der Waals surface area contributed by atoms with Crippen LogP contribution in [0.4, 0.5) is 5.69 Å². The summed E-state index contributed by atoms with van der Waals surface area (Å²) in [7, 11) is -2.14. The third-order valence-corrected chi connectivity index (χ3v) is 5.71. The average Bonchev–Trinajstić information content (AvgIpc) is 2.65. The number of benzene rings is 2. The Hall–Kier alpha value is -2.71. The highest BCUT2D eigenvalue weighted by Gasteiger charge is 2.17. The zero-order valence-corrected chi connectivity index (χ0v) is 17.0. The lowest BCUT2D eigenvalue weighted by Crippen LogP contribution is -2.37. The number of sulfonamides is 1. The molecule has 0 saturated heterocycles. The van der Waals surface area contributed by atoms with E-state index in [1.165, 1.54) is 24.1 Å². The Morgan fingerprint density at radius 3 is 2.18 bits per heavy atom. The Bertz CT molecular complexity index is 923. The van der Waals surface area contributed by atoms with E-state index < -0.39 is 10.0 Å². The van der Waals surface area contributed by atoms with Crippen LogP contribution in [0.3, 0.4) is 0 Å². The van der Waals surface area contributed by atoms with Crippen molar-refractivity contribution in [3.63, 3.8) is 0 Å². The van der Waals surface area contributed by atoms with Gasteiger partial charge in [0.1, 0.15) is 0 Å². The average molecular weight is 404 g/mol. The number of rotatable bonds is 8. The lowest BCUT2D eigenvalue weighted by Gasteiger charge is -2.18. The Balaban J connectivity index is 1.83. The molecule has 8 heteroatoms. The number of amides is 2. The molecule has 0 spiro atoms. The lowest BCUT2D eigenvalue weighted by molar-refractivity contribution is -0.133. The molecule has 2 aromatic carbocycles. The summed E-state index contributed by atoms with van der Waals surface area (Å²) in [6, 6.07) is 13.6. The van der Waals surface area contributed by atoms with Gasteiger partial charge >= 0.3 is 0 Å². The molecule has 0 aromatic heterocycles. The van der Waals surface area contributed by atoms with Gasteiger partial charge in [-0.2, -0.15) is 0 Å². The zero-order valence-electron chi connectivity index (χ0n) is 16.2. The number of carbonyl (C=O) groups is 2. The van der Waals surface area contributed by atoms with E-state index in [1.54, 1.807) is 18.2 Å². The van der Waals surface area contributed by atoms with Crippen LogP contribution >= 0.6 is 0 Å². The van der Waals surface area contributed by atoms with Gasteiger partial charge in [0.25, 0.3) is 0 Å². The number of nitrogens with one attached hydrogen (secondary N) is 2. The van der Waals surface area contributed by atoms with Crippen molar-refractivity contribution in [2.24, 2.45) is 0 Å². The predicted octanol–water partition coefficient (Wildman–Crippen LogP) is 2.07. The molecule has 150 valence electrons. The van der Waals surface area contributed by atoms with Gasteiger partial charge in [0.05, 0.1) is 11.4 Å². The third-order valence-electron chi connectivity index (χ3n) is 4.24. The summed E-state index contributed by atoms with van der Waals surface area (Å²) in [6.07, 6.45) is -0.0424. The van der Waals surface area contributed by atoms with Crippen LogP contribution in [0.2, 0.25) is 0 Å². The van der Waals surface area contributed by atoms with Gasteiger partial charge in [-0.1, -0.05) is 36.4 Å². The highest BCUT2D eigenvalue weighted by Crippen LogP contribution is 2.19. The van der Waals surface area contributed by atoms with E-state index in [1.807, 2.05) is 32.0 Å². The monoisotopic (exact) mass is 403 g/mol. The number of aryl methyl sites for hydroxylation is 2. The fourth-order valence-corrected chi connectivity index (χ4v) is 3.71. The highest BCUT2D eigenvalue weighted by atomic mass is 32.2. The highest BCUT2D eigenvalue weighted by molar-refractivity contribution is 7.89. The normalized spacial score (nSPS) is 11.1. The smallest absolute Gasteiger partial charge is 0.243 e. The number of anilines is 1. The van der Waals surface area contributed by atoms with Gasteiger partial charge in [-0.3, -0.25) is 9.59 Å². The standard InChI is InChI=1S/C20H25N3O4S/c1-15-8-7-9-16(2)20(15)22-18(24)14-23(3)19(25)12-13-21-28(26,27)17-10-5-4-6-11-17/h4-11,21H,12-14H2,1-3H3,(H,22,24). The molecule has 0 saturated carbocycles. The van der Waals surface area contributed by atoms with Crippen molar-refractivity contribution in [2.45, 2.75) is 25.2 Å². The van der Waals surface area contributed by atoms with Gasteiger partial charge < -0.3 is 10.2 Å². The number of likely N-dealkylation sites (N-methyl/N-ethyl adjacent to an activating group) is 1.